The van der Waals surface area contributed by atoms with Gasteiger partial charge in [-0.15, -0.1) is 0 Å². The number of hydrogen-bond acceptors (Lipinski definition) is 4. The minimum Gasteiger partial charge on any atom is -0.371 e. The van der Waals surface area contributed by atoms with Crippen LogP contribution in [0, 0.1) is 0 Å². The normalized spacial score (nSPS) is 21.1. The third-order valence-corrected chi connectivity index (χ3v) is 6.26. The summed E-state index contributed by atoms with van der Waals surface area (Å²) in [5.41, 5.74) is -24.8. The maximum absolute atomic E-state index is 15.3. The van der Waals surface area contributed by atoms with Crippen LogP contribution in [0.2, 0.25) is 0 Å². The summed E-state index contributed by atoms with van der Waals surface area (Å²) in [5.74, 6) is -15.6. The molecule has 0 saturated carbocycles. The molecule has 254 valence electrons. The Balaban J connectivity index is 2.64. The summed E-state index contributed by atoms with van der Waals surface area (Å²) in [6.07, 6.45) is -40.2. The lowest BCUT2D eigenvalue weighted by molar-refractivity contribution is -0.396. The van der Waals surface area contributed by atoms with Crippen molar-refractivity contribution in [1.82, 2.24) is 0 Å². The van der Waals surface area contributed by atoms with Gasteiger partial charge in [-0.1, -0.05) is 18.2 Å². The van der Waals surface area contributed by atoms with Gasteiger partial charge < -0.3 is 18.9 Å². The molecule has 0 amide bonds. The van der Waals surface area contributed by atoms with Crippen LogP contribution in [0.3, 0.4) is 0 Å². The van der Waals surface area contributed by atoms with E-state index in [4.69, 9.17) is 0 Å². The Kier molecular flexibility index (Phi) is 8.75. The second-order valence-electron chi connectivity index (χ2n) is 9.26. The summed E-state index contributed by atoms with van der Waals surface area (Å²) in [7, 11) is 0. The van der Waals surface area contributed by atoms with Crippen LogP contribution in [0.15, 0.2) is 18.2 Å². The summed E-state index contributed by atoms with van der Waals surface area (Å²) >= 11 is 0. The van der Waals surface area contributed by atoms with Crippen molar-refractivity contribution in [3.05, 3.63) is 34.9 Å². The molecule has 1 aromatic rings. The average molecular weight is 690 g/mol. The Hall–Kier alpha value is -2.27. The molecule has 0 aromatic heterocycles. The Bertz CT molecular complexity index is 1090. The molecule has 2 aliphatic heterocycles. The van der Waals surface area contributed by atoms with Crippen LogP contribution >= 0.6 is 0 Å². The number of ether oxygens (including phenoxy) is 4. The Morgan fingerprint density at radius 2 is 0.818 bits per heavy atom. The third kappa shape index (κ3) is 5.76. The molecule has 0 N–H and O–H groups in total. The lowest BCUT2D eigenvalue weighted by Crippen LogP contribution is -2.61. The Morgan fingerprint density at radius 1 is 0.523 bits per heavy atom. The van der Waals surface area contributed by atoms with E-state index in [1.165, 1.54) is 0 Å². The molecule has 0 spiro atoms. The lowest BCUT2D eigenvalue weighted by atomic mass is 9.76. The van der Waals surface area contributed by atoms with Crippen molar-refractivity contribution >= 4 is 0 Å². The monoisotopic (exact) mass is 690 g/mol. The molecule has 44 heavy (non-hydrogen) atoms. The van der Waals surface area contributed by atoms with E-state index >= 15 is 8.78 Å². The third-order valence-electron chi connectivity index (χ3n) is 6.26. The zero-order valence-corrected chi connectivity index (χ0v) is 20.5. The van der Waals surface area contributed by atoms with Gasteiger partial charge in [0.15, 0.2) is 0 Å². The lowest BCUT2D eigenvalue weighted by Gasteiger charge is -2.44. The largest absolute Gasteiger partial charge is 0.460 e. The molecule has 0 aliphatic carbocycles. The van der Waals surface area contributed by atoms with Crippen LogP contribution < -0.4 is 0 Å². The fourth-order valence-electron chi connectivity index (χ4n) is 3.99. The van der Waals surface area contributed by atoms with Crippen LogP contribution in [0.5, 0.6) is 0 Å². The van der Waals surface area contributed by atoms with E-state index in [0.717, 1.165) is 0 Å². The van der Waals surface area contributed by atoms with E-state index in [-0.39, 0.29) is 0 Å². The maximum Gasteiger partial charge on any atom is 0.460 e. The zero-order valence-electron chi connectivity index (χ0n) is 20.5. The first-order valence-corrected chi connectivity index (χ1v) is 11.3. The van der Waals surface area contributed by atoms with Crippen molar-refractivity contribution in [2.24, 2.45) is 0 Å². The molecule has 2 unspecified atom stereocenters. The highest BCUT2D eigenvalue weighted by molar-refractivity contribution is 5.49. The molecule has 2 aliphatic rings. The standard InChI is InChI=1S/C21H13F19O4/c22-15(23,16(24,25)21(38,39)40)12-10(13(17(26,27)28,18(29,30)31)43-6-8-4-41-8)2-1-3-11(12)14(19(32,33)34,20(35,36)37)44-7-9-5-42-9/h1-3,8-9H,4-7H2. The first-order valence-electron chi connectivity index (χ1n) is 11.3. The molecule has 3 rings (SSSR count). The highest BCUT2D eigenvalue weighted by Gasteiger charge is 2.82. The molecule has 0 radical (unpaired) electrons. The molecule has 2 fully saturated rings. The summed E-state index contributed by atoms with van der Waals surface area (Å²) in [4.78, 5) is 0. The van der Waals surface area contributed by atoms with Gasteiger partial charge >= 0.3 is 42.7 Å². The molecule has 2 heterocycles. The smallest absolute Gasteiger partial charge is 0.371 e. The number of alkyl halides is 19. The number of epoxide rings is 2. The average Bonchev–Trinajstić information content (AvgIpc) is 3.70. The highest BCUT2D eigenvalue weighted by atomic mass is 19.4. The number of rotatable bonds is 10. The fourth-order valence-corrected chi connectivity index (χ4v) is 3.99. The van der Waals surface area contributed by atoms with Crippen molar-refractivity contribution in [1.29, 1.82) is 0 Å². The SMILES string of the molecule is FC(F)(F)C(F)(F)C(F)(F)c1c(C(OCC2CO2)(C(F)(F)F)C(F)(F)F)cccc1C(OCC1CO1)(C(F)(F)F)C(F)(F)F. The Labute approximate surface area is 230 Å². The number of halogens is 19. The molecule has 23 heteroatoms. The highest BCUT2D eigenvalue weighted by Crippen LogP contribution is 2.63. The predicted molar refractivity (Wildman–Crippen MR) is 100 cm³/mol. The van der Waals surface area contributed by atoms with Crippen molar-refractivity contribution < 1.29 is 102 Å². The van der Waals surface area contributed by atoms with Crippen LogP contribution in [0.4, 0.5) is 83.4 Å². The van der Waals surface area contributed by atoms with Crippen LogP contribution in [0.25, 0.3) is 0 Å². The van der Waals surface area contributed by atoms with E-state index in [1.807, 2.05) is 0 Å². The minimum absolute atomic E-state index is 0.581. The summed E-state index contributed by atoms with van der Waals surface area (Å²) in [5, 5.41) is 0. The number of benzene rings is 1. The van der Waals surface area contributed by atoms with Crippen molar-refractivity contribution in [2.45, 2.75) is 66.1 Å². The van der Waals surface area contributed by atoms with Crippen molar-refractivity contribution in [2.75, 3.05) is 26.4 Å². The molecule has 2 saturated heterocycles. The molecular formula is C21H13F19O4. The van der Waals surface area contributed by atoms with Crippen molar-refractivity contribution in [3.8, 4) is 0 Å². The second-order valence-corrected chi connectivity index (χ2v) is 9.26. The van der Waals surface area contributed by atoms with Gasteiger partial charge in [0, 0.05) is 16.7 Å². The first kappa shape index (κ1) is 36.2. The van der Waals surface area contributed by atoms with E-state index < -0.39 is 127 Å². The molecule has 2 atom stereocenters. The van der Waals surface area contributed by atoms with E-state index in [9.17, 15) is 74.6 Å². The van der Waals surface area contributed by atoms with Gasteiger partial charge in [0.1, 0.15) is 12.2 Å². The summed E-state index contributed by atoms with van der Waals surface area (Å²) < 4.78 is 285. The first-order chi connectivity index (χ1) is 19.5. The molecule has 1 aromatic carbocycles. The number of hydrogen-bond donors (Lipinski definition) is 0. The van der Waals surface area contributed by atoms with Gasteiger partial charge in [-0.05, 0) is 0 Å². The maximum atomic E-state index is 15.3. The molecule has 4 nitrogen and oxygen atoms in total. The minimum atomic E-state index is -7.91. The van der Waals surface area contributed by atoms with E-state index in [1.54, 1.807) is 0 Å². The summed E-state index contributed by atoms with van der Waals surface area (Å²) in [6, 6.07) is -2.53. The second kappa shape index (κ2) is 10.6. The van der Waals surface area contributed by atoms with Gasteiger partial charge in [-0.25, -0.2) is 0 Å². The van der Waals surface area contributed by atoms with E-state index in [2.05, 4.69) is 18.9 Å². The van der Waals surface area contributed by atoms with Gasteiger partial charge in [-0.3, -0.25) is 0 Å². The fraction of sp³-hybridized carbons (Fsp3) is 0.714. The van der Waals surface area contributed by atoms with E-state index in [0.29, 0.717) is 0 Å². The topological polar surface area (TPSA) is 43.5 Å². The summed E-state index contributed by atoms with van der Waals surface area (Å²) in [6.45, 7) is -5.26. The molecule has 0 bridgehead atoms. The predicted octanol–water partition coefficient (Wildman–Crippen LogP) is 7.45. The Morgan fingerprint density at radius 3 is 1.05 bits per heavy atom. The quantitative estimate of drug-likeness (QED) is 0.189. The van der Waals surface area contributed by atoms with Crippen LogP contribution in [-0.2, 0) is 36.1 Å². The van der Waals surface area contributed by atoms with Gasteiger partial charge in [0.25, 0.3) is 11.2 Å². The van der Waals surface area contributed by atoms with Gasteiger partial charge in [-0.2, -0.15) is 83.4 Å². The molecular weight excluding hydrogens is 677 g/mol. The van der Waals surface area contributed by atoms with Crippen LogP contribution in [0.1, 0.15) is 16.7 Å². The van der Waals surface area contributed by atoms with Crippen molar-refractivity contribution in [3.63, 3.8) is 0 Å². The zero-order chi connectivity index (χ0) is 34.2. The van der Waals surface area contributed by atoms with Gasteiger partial charge in [0.05, 0.1) is 26.4 Å². The van der Waals surface area contributed by atoms with Gasteiger partial charge in [0.2, 0.25) is 0 Å². The van der Waals surface area contributed by atoms with Crippen LogP contribution in [-0.4, -0.2) is 75.4 Å².